The molecule has 2 atom stereocenters. The molecule has 0 aliphatic heterocycles. The maximum absolute atomic E-state index is 11.2. The molecule has 0 spiro atoms. The number of aliphatic hydroxyl groups excluding tert-OH is 1. The molecule has 0 heterocycles. The molecule has 0 saturated heterocycles. The first-order chi connectivity index (χ1) is 8.72. The van der Waals surface area contributed by atoms with Crippen LogP contribution in [0.3, 0.4) is 0 Å². The molecule has 2 unspecified atom stereocenters. The highest BCUT2D eigenvalue weighted by Crippen LogP contribution is 2.20. The maximum Gasteiger partial charge on any atom is 0.0897 e. The zero-order valence-corrected chi connectivity index (χ0v) is 12.2. The summed E-state index contributed by atoms with van der Waals surface area (Å²) < 4.78 is 16.9. The van der Waals surface area contributed by atoms with Crippen molar-refractivity contribution in [3.8, 4) is 0 Å². The molecular weight excluding hydrogens is 250 g/mol. The van der Waals surface area contributed by atoms with Crippen molar-refractivity contribution in [2.24, 2.45) is 0 Å². The van der Waals surface area contributed by atoms with E-state index in [1.165, 1.54) is 19.3 Å². The molecule has 0 aromatic carbocycles. The van der Waals surface area contributed by atoms with E-state index >= 15 is 0 Å². The van der Waals surface area contributed by atoms with E-state index in [1.807, 2.05) is 6.92 Å². The molecular formula is C13H27NO3S. The second-order valence-corrected chi connectivity index (χ2v) is 6.75. The molecule has 1 rings (SSSR count). The maximum atomic E-state index is 11.2. The van der Waals surface area contributed by atoms with Gasteiger partial charge in [-0.15, -0.1) is 0 Å². The predicted molar refractivity (Wildman–Crippen MR) is 75.3 cm³/mol. The van der Waals surface area contributed by atoms with Gasteiger partial charge in [-0.2, -0.15) is 0 Å². The molecule has 18 heavy (non-hydrogen) atoms. The van der Waals surface area contributed by atoms with Crippen molar-refractivity contribution in [3.63, 3.8) is 0 Å². The summed E-state index contributed by atoms with van der Waals surface area (Å²) in [4.78, 5) is 0. The zero-order valence-electron chi connectivity index (χ0n) is 11.4. The lowest BCUT2D eigenvalue weighted by Crippen LogP contribution is -2.34. The van der Waals surface area contributed by atoms with Crippen molar-refractivity contribution in [3.05, 3.63) is 0 Å². The monoisotopic (exact) mass is 277 g/mol. The van der Waals surface area contributed by atoms with E-state index in [9.17, 15) is 9.32 Å². The van der Waals surface area contributed by atoms with Crippen molar-refractivity contribution >= 4 is 10.8 Å². The van der Waals surface area contributed by atoms with Gasteiger partial charge in [0.2, 0.25) is 0 Å². The van der Waals surface area contributed by atoms with Crippen LogP contribution in [-0.4, -0.2) is 52.7 Å². The predicted octanol–water partition coefficient (Wildman–Crippen LogP) is 1.05. The van der Waals surface area contributed by atoms with Crippen LogP contribution in [-0.2, 0) is 15.5 Å². The Kier molecular flexibility index (Phi) is 8.84. The van der Waals surface area contributed by atoms with Gasteiger partial charge in [-0.05, 0) is 12.8 Å². The zero-order chi connectivity index (χ0) is 13.2. The van der Waals surface area contributed by atoms with Gasteiger partial charge in [0.05, 0.1) is 18.8 Å². The van der Waals surface area contributed by atoms with Gasteiger partial charge in [0.1, 0.15) is 0 Å². The molecule has 0 bridgehead atoms. The highest BCUT2D eigenvalue weighted by atomic mass is 32.2. The first-order valence-electron chi connectivity index (χ1n) is 7.07. The van der Waals surface area contributed by atoms with Gasteiger partial charge in [0, 0.05) is 35.4 Å². The van der Waals surface area contributed by atoms with Crippen molar-refractivity contribution in [1.82, 2.24) is 5.32 Å². The van der Waals surface area contributed by atoms with Gasteiger partial charge in [0.15, 0.2) is 0 Å². The van der Waals surface area contributed by atoms with E-state index < -0.39 is 16.9 Å². The lowest BCUT2D eigenvalue weighted by molar-refractivity contribution is -0.0228. The molecule has 108 valence electrons. The Hall–Kier alpha value is 0.0300. The third-order valence-corrected chi connectivity index (χ3v) is 4.59. The molecule has 0 amide bonds. The van der Waals surface area contributed by atoms with Crippen molar-refractivity contribution in [2.75, 3.05) is 31.2 Å². The van der Waals surface area contributed by atoms with Crippen LogP contribution in [0, 0.1) is 0 Å². The highest BCUT2D eigenvalue weighted by molar-refractivity contribution is 7.84. The summed E-state index contributed by atoms with van der Waals surface area (Å²) in [5.41, 5.74) is 0. The van der Waals surface area contributed by atoms with Gasteiger partial charge < -0.3 is 15.2 Å². The minimum Gasteiger partial charge on any atom is -0.389 e. The van der Waals surface area contributed by atoms with Crippen LogP contribution in [0.2, 0.25) is 0 Å². The summed E-state index contributed by atoms with van der Waals surface area (Å²) in [5.74, 6) is 1.36. The van der Waals surface area contributed by atoms with E-state index in [4.69, 9.17) is 4.74 Å². The minimum atomic E-state index is -0.725. The lowest BCUT2D eigenvalue weighted by atomic mass is 9.98. The second-order valence-electron chi connectivity index (χ2n) is 4.88. The molecule has 1 fully saturated rings. The van der Waals surface area contributed by atoms with E-state index in [0.717, 1.165) is 12.8 Å². The fourth-order valence-electron chi connectivity index (χ4n) is 2.14. The quantitative estimate of drug-likeness (QED) is 0.619. The Balaban J connectivity index is 1.96. The van der Waals surface area contributed by atoms with Crippen LogP contribution in [0.15, 0.2) is 0 Å². The summed E-state index contributed by atoms with van der Waals surface area (Å²) >= 11 is 0. The Morgan fingerprint density at radius 3 is 2.78 bits per heavy atom. The third-order valence-electron chi connectivity index (χ3n) is 3.28. The molecule has 1 saturated carbocycles. The summed E-state index contributed by atoms with van der Waals surface area (Å²) in [5, 5.41) is 12.9. The van der Waals surface area contributed by atoms with Crippen molar-refractivity contribution < 1.29 is 14.1 Å². The average molecular weight is 277 g/mol. The Labute approximate surface area is 113 Å². The number of rotatable bonds is 9. The molecule has 0 aromatic heterocycles. The van der Waals surface area contributed by atoms with Crippen LogP contribution >= 0.6 is 0 Å². The molecule has 1 aliphatic carbocycles. The first kappa shape index (κ1) is 16.1. The Morgan fingerprint density at radius 2 is 2.11 bits per heavy atom. The molecule has 5 heteroatoms. The van der Waals surface area contributed by atoms with Gasteiger partial charge in [0.25, 0.3) is 0 Å². The number of ether oxygens (including phenoxy) is 1. The van der Waals surface area contributed by atoms with Crippen LogP contribution in [0.25, 0.3) is 0 Å². The Morgan fingerprint density at radius 1 is 1.39 bits per heavy atom. The van der Waals surface area contributed by atoms with Crippen LogP contribution in [0.4, 0.5) is 0 Å². The minimum absolute atomic E-state index is 0.348. The molecule has 0 aromatic rings. The number of hydrogen-bond acceptors (Lipinski definition) is 4. The smallest absolute Gasteiger partial charge is 0.0897 e. The van der Waals surface area contributed by atoms with Crippen molar-refractivity contribution in [1.29, 1.82) is 0 Å². The summed E-state index contributed by atoms with van der Waals surface area (Å²) in [6.07, 6.45) is 5.98. The first-order valence-corrected chi connectivity index (χ1v) is 8.56. The Bertz CT molecular complexity index is 232. The third kappa shape index (κ3) is 7.46. The highest BCUT2D eigenvalue weighted by Gasteiger charge is 2.15. The molecule has 0 radical (unpaired) electrons. The topological polar surface area (TPSA) is 58.6 Å². The van der Waals surface area contributed by atoms with Gasteiger partial charge in [-0.1, -0.05) is 26.2 Å². The van der Waals surface area contributed by atoms with Crippen molar-refractivity contribution in [2.45, 2.75) is 51.2 Å². The fourth-order valence-corrected chi connectivity index (χ4v) is 2.80. The van der Waals surface area contributed by atoms with Gasteiger partial charge in [-0.25, -0.2) is 0 Å². The summed E-state index contributed by atoms with van der Waals surface area (Å²) in [6, 6.07) is 0. The molecule has 4 nitrogen and oxygen atoms in total. The molecule has 1 aliphatic rings. The van der Waals surface area contributed by atoms with Gasteiger partial charge in [-0.3, -0.25) is 4.21 Å². The number of hydrogen-bond donors (Lipinski definition) is 2. The van der Waals surface area contributed by atoms with Crippen LogP contribution in [0.5, 0.6) is 0 Å². The fraction of sp³-hybridized carbons (Fsp3) is 1.00. The summed E-state index contributed by atoms with van der Waals surface area (Å²) in [6.45, 7) is 3.55. The number of aliphatic hydroxyl groups is 1. The van der Waals surface area contributed by atoms with Crippen LogP contribution in [0.1, 0.15) is 39.0 Å². The normalized spacial score (nSPS) is 20.8. The van der Waals surface area contributed by atoms with E-state index in [-0.39, 0.29) is 0 Å². The van der Waals surface area contributed by atoms with E-state index in [0.29, 0.717) is 37.3 Å². The van der Waals surface area contributed by atoms with E-state index in [1.54, 1.807) is 0 Å². The lowest BCUT2D eigenvalue weighted by Gasteiger charge is -2.23. The second kappa shape index (κ2) is 9.89. The summed E-state index contributed by atoms with van der Waals surface area (Å²) in [7, 11) is -0.725. The SMILES string of the molecule is CCS(=O)CCNCC(O)COC1CCCCC1. The van der Waals surface area contributed by atoms with Gasteiger partial charge >= 0.3 is 0 Å². The van der Waals surface area contributed by atoms with E-state index in [2.05, 4.69) is 5.32 Å². The average Bonchev–Trinajstić information content (AvgIpc) is 2.42. The van der Waals surface area contributed by atoms with Crippen LogP contribution < -0.4 is 5.32 Å². The molecule has 2 N–H and O–H groups in total. The standard InChI is InChI=1S/C13H27NO3S/c1-2-18(16)9-8-14-10-12(15)11-17-13-6-4-3-5-7-13/h12-15H,2-11H2,1H3. The largest absolute Gasteiger partial charge is 0.389 e. The number of nitrogens with one attached hydrogen (secondary N) is 1.